The van der Waals surface area contributed by atoms with Crippen molar-refractivity contribution in [2.75, 3.05) is 6.67 Å². The summed E-state index contributed by atoms with van der Waals surface area (Å²) in [5.74, 6) is -1.10. The van der Waals surface area contributed by atoms with Gasteiger partial charge in [0.1, 0.15) is 6.67 Å². The molecule has 21 heavy (non-hydrogen) atoms. The summed E-state index contributed by atoms with van der Waals surface area (Å²) < 4.78 is 0. The molecule has 104 valence electrons. The molecule has 0 bridgehead atoms. The maximum Gasteiger partial charge on any atom is 0.263 e. The molecule has 1 heterocycles. The van der Waals surface area contributed by atoms with Crippen molar-refractivity contribution in [2.24, 2.45) is 0 Å². The number of imide groups is 1. The summed E-state index contributed by atoms with van der Waals surface area (Å²) in [5, 5.41) is 2.58. The minimum absolute atomic E-state index is 0.139. The van der Waals surface area contributed by atoms with Gasteiger partial charge in [-0.05, 0) is 24.3 Å². The predicted molar refractivity (Wildman–Crippen MR) is 75.7 cm³/mol. The Morgan fingerprint density at radius 3 is 1.95 bits per heavy atom. The van der Waals surface area contributed by atoms with Gasteiger partial charge in [0.25, 0.3) is 17.7 Å². The van der Waals surface area contributed by atoms with Crippen LogP contribution in [0.25, 0.3) is 0 Å². The summed E-state index contributed by atoms with van der Waals surface area (Å²) in [6, 6.07) is 15.2. The van der Waals surface area contributed by atoms with E-state index in [0.29, 0.717) is 16.7 Å². The molecule has 0 unspecified atom stereocenters. The standard InChI is InChI=1S/C16H12N2O3/c19-14(11-6-2-1-3-7-11)17-10-18-15(20)12-8-4-5-9-13(12)16(18)21/h1-9H,10H2,(H,17,19). The largest absolute Gasteiger partial charge is 0.334 e. The number of carbonyl (C=O) groups is 3. The number of rotatable bonds is 3. The quantitative estimate of drug-likeness (QED) is 0.870. The van der Waals surface area contributed by atoms with E-state index >= 15 is 0 Å². The Hall–Kier alpha value is -2.95. The van der Waals surface area contributed by atoms with E-state index in [1.165, 1.54) is 0 Å². The molecule has 3 amide bonds. The SMILES string of the molecule is O=C(NCN1C(=O)c2ccccc2C1=O)c1ccccc1. The molecule has 0 aromatic heterocycles. The Balaban J connectivity index is 1.72. The van der Waals surface area contributed by atoms with Gasteiger partial charge < -0.3 is 5.32 Å². The maximum absolute atomic E-state index is 12.1. The van der Waals surface area contributed by atoms with Gasteiger partial charge >= 0.3 is 0 Å². The molecule has 5 nitrogen and oxygen atoms in total. The van der Waals surface area contributed by atoms with Crippen LogP contribution in [0.2, 0.25) is 0 Å². The van der Waals surface area contributed by atoms with Gasteiger partial charge in [0.05, 0.1) is 11.1 Å². The molecule has 0 saturated carbocycles. The smallest absolute Gasteiger partial charge is 0.263 e. The highest BCUT2D eigenvalue weighted by Gasteiger charge is 2.35. The zero-order valence-electron chi connectivity index (χ0n) is 11.1. The molecule has 0 atom stereocenters. The molecule has 1 aliphatic heterocycles. The van der Waals surface area contributed by atoms with Crippen molar-refractivity contribution < 1.29 is 14.4 Å². The van der Waals surface area contributed by atoms with Crippen molar-refractivity contribution in [3.63, 3.8) is 0 Å². The fourth-order valence-electron chi connectivity index (χ4n) is 2.23. The Morgan fingerprint density at radius 1 is 0.857 bits per heavy atom. The zero-order valence-corrected chi connectivity index (χ0v) is 11.1. The van der Waals surface area contributed by atoms with Crippen LogP contribution in [-0.4, -0.2) is 29.3 Å². The van der Waals surface area contributed by atoms with E-state index < -0.39 is 0 Å². The number of fused-ring (bicyclic) bond motifs is 1. The second kappa shape index (κ2) is 5.20. The first kappa shape index (κ1) is 13.1. The van der Waals surface area contributed by atoms with Crippen molar-refractivity contribution in [1.29, 1.82) is 0 Å². The number of carbonyl (C=O) groups excluding carboxylic acids is 3. The van der Waals surface area contributed by atoms with E-state index in [1.807, 2.05) is 0 Å². The van der Waals surface area contributed by atoms with Gasteiger partial charge in [-0.15, -0.1) is 0 Å². The van der Waals surface area contributed by atoms with Crippen molar-refractivity contribution in [2.45, 2.75) is 0 Å². The molecule has 0 saturated heterocycles. The summed E-state index contributed by atoms with van der Waals surface area (Å²) in [5.41, 5.74) is 1.22. The first-order valence-corrected chi connectivity index (χ1v) is 6.47. The lowest BCUT2D eigenvalue weighted by Crippen LogP contribution is -2.40. The second-order valence-corrected chi connectivity index (χ2v) is 4.61. The van der Waals surface area contributed by atoms with E-state index in [1.54, 1.807) is 54.6 Å². The third kappa shape index (κ3) is 2.29. The van der Waals surface area contributed by atoms with Crippen LogP contribution in [0.15, 0.2) is 54.6 Å². The lowest BCUT2D eigenvalue weighted by Gasteiger charge is -2.14. The Kier molecular flexibility index (Phi) is 3.23. The van der Waals surface area contributed by atoms with Crippen molar-refractivity contribution in [1.82, 2.24) is 10.2 Å². The van der Waals surface area contributed by atoms with E-state index in [2.05, 4.69) is 5.32 Å². The number of nitrogens with zero attached hydrogens (tertiary/aromatic N) is 1. The van der Waals surface area contributed by atoms with Crippen LogP contribution in [0.1, 0.15) is 31.1 Å². The zero-order chi connectivity index (χ0) is 14.8. The normalized spacial score (nSPS) is 13.2. The van der Waals surface area contributed by atoms with E-state index in [4.69, 9.17) is 0 Å². The Morgan fingerprint density at radius 2 is 1.38 bits per heavy atom. The highest BCUT2D eigenvalue weighted by molar-refractivity contribution is 6.21. The average Bonchev–Trinajstić information content (AvgIpc) is 2.78. The van der Waals surface area contributed by atoms with Crippen LogP contribution >= 0.6 is 0 Å². The summed E-state index contributed by atoms with van der Waals surface area (Å²) in [7, 11) is 0. The first-order valence-electron chi connectivity index (χ1n) is 6.47. The summed E-state index contributed by atoms with van der Waals surface area (Å²) in [6.07, 6.45) is 0. The summed E-state index contributed by atoms with van der Waals surface area (Å²) in [4.78, 5) is 37.2. The number of amides is 3. The van der Waals surface area contributed by atoms with Gasteiger partial charge in [-0.3, -0.25) is 19.3 Å². The van der Waals surface area contributed by atoms with Crippen LogP contribution in [0.3, 0.4) is 0 Å². The summed E-state index contributed by atoms with van der Waals surface area (Å²) >= 11 is 0. The molecular formula is C16H12N2O3. The molecule has 1 aliphatic rings. The summed E-state index contributed by atoms with van der Waals surface area (Å²) in [6.45, 7) is -0.139. The molecule has 1 N–H and O–H groups in total. The number of nitrogens with one attached hydrogen (secondary N) is 1. The van der Waals surface area contributed by atoms with Gasteiger partial charge in [0.2, 0.25) is 0 Å². The predicted octanol–water partition coefficient (Wildman–Crippen LogP) is 1.67. The fraction of sp³-hybridized carbons (Fsp3) is 0.0625. The molecule has 5 heteroatoms. The third-order valence-electron chi connectivity index (χ3n) is 3.31. The van der Waals surface area contributed by atoms with Gasteiger partial charge in [0, 0.05) is 5.56 Å². The third-order valence-corrected chi connectivity index (χ3v) is 3.31. The molecule has 3 rings (SSSR count). The van der Waals surface area contributed by atoms with Crippen molar-refractivity contribution >= 4 is 17.7 Å². The Labute approximate surface area is 121 Å². The molecular weight excluding hydrogens is 268 g/mol. The lowest BCUT2D eigenvalue weighted by atomic mass is 10.1. The van der Waals surface area contributed by atoms with Crippen molar-refractivity contribution in [3.8, 4) is 0 Å². The van der Waals surface area contributed by atoms with Gasteiger partial charge in [-0.25, -0.2) is 0 Å². The van der Waals surface area contributed by atoms with Crippen LogP contribution in [0.4, 0.5) is 0 Å². The van der Waals surface area contributed by atoms with Crippen LogP contribution in [-0.2, 0) is 0 Å². The molecule has 0 spiro atoms. The fourth-order valence-corrected chi connectivity index (χ4v) is 2.23. The molecule has 0 aliphatic carbocycles. The number of hydrogen-bond acceptors (Lipinski definition) is 3. The number of benzene rings is 2. The highest BCUT2D eigenvalue weighted by Crippen LogP contribution is 2.21. The van der Waals surface area contributed by atoms with Crippen LogP contribution < -0.4 is 5.32 Å². The highest BCUT2D eigenvalue weighted by atomic mass is 16.2. The van der Waals surface area contributed by atoms with Gasteiger partial charge in [0.15, 0.2) is 0 Å². The van der Waals surface area contributed by atoms with Crippen LogP contribution in [0.5, 0.6) is 0 Å². The topological polar surface area (TPSA) is 66.5 Å². The number of hydrogen-bond donors (Lipinski definition) is 1. The van der Waals surface area contributed by atoms with Gasteiger partial charge in [-0.1, -0.05) is 30.3 Å². The molecule has 2 aromatic carbocycles. The van der Waals surface area contributed by atoms with Crippen molar-refractivity contribution in [3.05, 3.63) is 71.3 Å². The monoisotopic (exact) mass is 280 g/mol. The molecule has 0 fully saturated rings. The van der Waals surface area contributed by atoms with E-state index in [0.717, 1.165) is 4.90 Å². The average molecular weight is 280 g/mol. The van der Waals surface area contributed by atoms with E-state index in [9.17, 15) is 14.4 Å². The lowest BCUT2D eigenvalue weighted by molar-refractivity contribution is 0.0635. The molecule has 0 radical (unpaired) electrons. The van der Waals surface area contributed by atoms with Gasteiger partial charge in [-0.2, -0.15) is 0 Å². The Bertz CT molecular complexity index is 690. The maximum atomic E-state index is 12.1. The molecule has 2 aromatic rings. The van der Waals surface area contributed by atoms with E-state index in [-0.39, 0.29) is 24.4 Å². The minimum Gasteiger partial charge on any atom is -0.334 e. The second-order valence-electron chi connectivity index (χ2n) is 4.61. The minimum atomic E-state index is -0.385. The first-order chi connectivity index (χ1) is 10.2. The van der Waals surface area contributed by atoms with Crippen LogP contribution in [0, 0.1) is 0 Å².